The van der Waals surface area contributed by atoms with E-state index < -0.39 is 0 Å². The van der Waals surface area contributed by atoms with Crippen LogP contribution < -0.4 is 4.74 Å². The highest BCUT2D eigenvalue weighted by atomic mass is 16.5. The van der Waals surface area contributed by atoms with E-state index in [0.29, 0.717) is 69.9 Å². The number of ether oxygens (including phenoxy) is 4. The van der Waals surface area contributed by atoms with Crippen LogP contribution in [0.4, 0.5) is 0 Å². The number of methoxy groups -OCH3 is 1. The first-order valence-corrected chi connectivity index (χ1v) is 14.0. The van der Waals surface area contributed by atoms with Gasteiger partial charge in [0.15, 0.2) is 0 Å². The molecule has 0 spiro atoms. The van der Waals surface area contributed by atoms with Gasteiger partial charge < -0.3 is 28.7 Å². The number of hydrogen-bond acceptors (Lipinski definition) is 7. The Hall–Kier alpha value is -3.79. The van der Waals surface area contributed by atoms with E-state index in [9.17, 15) is 9.59 Å². The molecule has 3 aromatic rings. The molecular formula is C32H39N3O6. The molecule has 1 aliphatic rings. The van der Waals surface area contributed by atoms with Gasteiger partial charge in [0.2, 0.25) is 11.8 Å². The van der Waals surface area contributed by atoms with E-state index in [-0.39, 0.29) is 37.7 Å². The smallest absolute Gasteiger partial charge is 0.227 e. The van der Waals surface area contributed by atoms with Crippen molar-refractivity contribution in [2.24, 2.45) is 0 Å². The SMILES string of the molecule is COc1cc2nc(c1)CN(C(=O)Cc1ccccc1)CCOCCOCCOCCN(C(=O)Cc1ccccc1)C2. The fraction of sp³-hybridized carbons (Fsp3) is 0.406. The monoisotopic (exact) mass is 561 g/mol. The molecule has 0 saturated heterocycles. The highest BCUT2D eigenvalue weighted by Gasteiger charge is 2.19. The van der Waals surface area contributed by atoms with Crippen LogP contribution in [0.15, 0.2) is 72.8 Å². The lowest BCUT2D eigenvalue weighted by atomic mass is 10.1. The molecule has 2 bridgehead atoms. The lowest BCUT2D eigenvalue weighted by Crippen LogP contribution is -2.36. The maximum atomic E-state index is 13.4. The molecule has 1 aromatic heterocycles. The number of pyridine rings is 1. The highest BCUT2D eigenvalue weighted by Crippen LogP contribution is 2.18. The lowest BCUT2D eigenvalue weighted by Gasteiger charge is -2.25. The summed E-state index contributed by atoms with van der Waals surface area (Å²) in [6, 6.07) is 23.0. The molecule has 1 aliphatic heterocycles. The van der Waals surface area contributed by atoms with Crippen molar-refractivity contribution in [2.45, 2.75) is 25.9 Å². The predicted molar refractivity (Wildman–Crippen MR) is 154 cm³/mol. The standard InChI is InChI=1S/C32H39N3O6/c1-38-30-22-28-24-34(31(36)20-26-8-4-2-5-9-26)12-14-39-16-18-41-19-17-40-15-13-35(25-29(23-30)33-28)32(37)21-27-10-6-3-7-11-27/h2-11,22-23H,12-21,24-25H2,1H3. The van der Waals surface area contributed by atoms with Crippen LogP contribution in [-0.4, -0.2) is 86.4 Å². The summed E-state index contributed by atoms with van der Waals surface area (Å²) >= 11 is 0. The lowest BCUT2D eigenvalue weighted by molar-refractivity contribution is -0.132. The van der Waals surface area contributed by atoms with E-state index >= 15 is 0 Å². The number of fused-ring (bicyclic) bond motifs is 2. The Morgan fingerprint density at radius 1 is 0.683 bits per heavy atom. The van der Waals surface area contributed by atoms with Crippen molar-refractivity contribution in [1.29, 1.82) is 0 Å². The third kappa shape index (κ3) is 10.3. The number of amides is 2. The van der Waals surface area contributed by atoms with Crippen molar-refractivity contribution in [2.75, 3.05) is 59.8 Å². The molecule has 4 rings (SSSR count). The quantitative estimate of drug-likeness (QED) is 0.472. The molecule has 218 valence electrons. The normalized spacial score (nSPS) is 15.9. The molecule has 0 aliphatic carbocycles. The molecular weight excluding hydrogens is 522 g/mol. The molecule has 0 atom stereocenters. The van der Waals surface area contributed by atoms with E-state index in [2.05, 4.69) is 0 Å². The summed E-state index contributed by atoms with van der Waals surface area (Å²) in [5.41, 5.74) is 3.24. The van der Waals surface area contributed by atoms with Crippen LogP contribution in [0, 0.1) is 0 Å². The Bertz CT molecular complexity index is 1130. The number of benzene rings is 2. The van der Waals surface area contributed by atoms with Gasteiger partial charge in [0.25, 0.3) is 0 Å². The second kappa shape index (κ2) is 16.5. The van der Waals surface area contributed by atoms with Crippen LogP contribution in [0.25, 0.3) is 0 Å². The van der Waals surface area contributed by atoms with Gasteiger partial charge in [-0.05, 0) is 11.1 Å². The third-order valence-corrected chi connectivity index (χ3v) is 6.70. The Kier molecular flexibility index (Phi) is 12.1. The number of carbonyl (C=O) groups is 2. The van der Waals surface area contributed by atoms with Crippen molar-refractivity contribution < 1.29 is 28.5 Å². The summed E-state index contributed by atoms with van der Waals surface area (Å²) in [6.07, 6.45) is 0.561. The summed E-state index contributed by atoms with van der Waals surface area (Å²) in [6.45, 7) is 3.85. The predicted octanol–water partition coefficient (Wildman–Crippen LogP) is 3.30. The largest absolute Gasteiger partial charge is 0.497 e. The number of carbonyl (C=O) groups excluding carboxylic acids is 2. The van der Waals surface area contributed by atoms with Gasteiger partial charge in [-0.15, -0.1) is 0 Å². The fourth-order valence-electron chi connectivity index (χ4n) is 4.53. The topological polar surface area (TPSA) is 90.4 Å². The average Bonchev–Trinajstić information content (AvgIpc) is 2.99. The Labute approximate surface area is 242 Å². The van der Waals surface area contributed by atoms with Crippen molar-refractivity contribution in [3.63, 3.8) is 0 Å². The van der Waals surface area contributed by atoms with Gasteiger partial charge in [0.1, 0.15) is 5.75 Å². The van der Waals surface area contributed by atoms with Gasteiger partial charge in [-0.1, -0.05) is 60.7 Å². The zero-order valence-electron chi connectivity index (χ0n) is 23.7. The molecule has 9 nitrogen and oxygen atoms in total. The van der Waals surface area contributed by atoms with Crippen LogP contribution in [0.1, 0.15) is 22.5 Å². The van der Waals surface area contributed by atoms with E-state index in [1.165, 1.54) is 0 Å². The van der Waals surface area contributed by atoms with E-state index in [0.717, 1.165) is 11.1 Å². The second-order valence-electron chi connectivity index (χ2n) is 9.78. The molecule has 0 N–H and O–H groups in total. The zero-order valence-corrected chi connectivity index (χ0v) is 23.7. The van der Waals surface area contributed by atoms with Gasteiger partial charge in [0, 0.05) is 25.2 Å². The molecule has 0 radical (unpaired) electrons. The number of rotatable bonds is 5. The minimum Gasteiger partial charge on any atom is -0.497 e. The molecule has 2 heterocycles. The van der Waals surface area contributed by atoms with Crippen molar-refractivity contribution >= 4 is 11.8 Å². The first kappa shape index (κ1) is 30.2. The molecule has 0 unspecified atom stereocenters. The van der Waals surface area contributed by atoms with Gasteiger partial charge in [-0.25, -0.2) is 0 Å². The van der Waals surface area contributed by atoms with E-state index in [4.69, 9.17) is 23.9 Å². The highest BCUT2D eigenvalue weighted by molar-refractivity contribution is 5.79. The van der Waals surface area contributed by atoms with Gasteiger partial charge >= 0.3 is 0 Å². The van der Waals surface area contributed by atoms with E-state index in [1.807, 2.05) is 72.8 Å². The van der Waals surface area contributed by atoms with E-state index in [1.54, 1.807) is 16.9 Å². The maximum absolute atomic E-state index is 13.4. The van der Waals surface area contributed by atoms with Crippen LogP contribution in [0.3, 0.4) is 0 Å². The number of hydrogen-bond donors (Lipinski definition) is 0. The Morgan fingerprint density at radius 3 is 1.51 bits per heavy atom. The minimum absolute atomic E-state index is 0.0200. The summed E-state index contributed by atoms with van der Waals surface area (Å²) in [5, 5.41) is 0. The van der Waals surface area contributed by atoms with Crippen LogP contribution in [0.2, 0.25) is 0 Å². The second-order valence-corrected chi connectivity index (χ2v) is 9.78. The Morgan fingerprint density at radius 2 is 1.10 bits per heavy atom. The van der Waals surface area contributed by atoms with Crippen LogP contribution in [-0.2, 0) is 49.7 Å². The summed E-state index contributed by atoms with van der Waals surface area (Å²) in [5.74, 6) is 0.580. The summed E-state index contributed by atoms with van der Waals surface area (Å²) in [7, 11) is 1.60. The number of aromatic nitrogens is 1. The first-order chi connectivity index (χ1) is 20.1. The summed E-state index contributed by atoms with van der Waals surface area (Å²) < 4.78 is 22.7. The van der Waals surface area contributed by atoms with Gasteiger partial charge in [-0.3, -0.25) is 14.6 Å². The van der Waals surface area contributed by atoms with Gasteiger partial charge in [-0.2, -0.15) is 0 Å². The van der Waals surface area contributed by atoms with Crippen LogP contribution in [0.5, 0.6) is 5.75 Å². The molecule has 0 fully saturated rings. The average molecular weight is 562 g/mol. The zero-order chi connectivity index (χ0) is 28.7. The number of nitrogens with zero attached hydrogens (tertiary/aromatic N) is 3. The fourth-order valence-corrected chi connectivity index (χ4v) is 4.53. The van der Waals surface area contributed by atoms with Crippen molar-refractivity contribution in [3.05, 3.63) is 95.3 Å². The molecule has 2 amide bonds. The third-order valence-electron chi connectivity index (χ3n) is 6.70. The van der Waals surface area contributed by atoms with Gasteiger partial charge in [0.05, 0.1) is 84.1 Å². The van der Waals surface area contributed by atoms with Crippen molar-refractivity contribution in [1.82, 2.24) is 14.8 Å². The first-order valence-electron chi connectivity index (χ1n) is 14.0. The molecule has 9 heteroatoms. The maximum Gasteiger partial charge on any atom is 0.227 e. The molecule has 0 saturated carbocycles. The molecule has 41 heavy (non-hydrogen) atoms. The van der Waals surface area contributed by atoms with Crippen LogP contribution >= 0.6 is 0 Å². The Balaban J connectivity index is 1.56. The van der Waals surface area contributed by atoms with Crippen molar-refractivity contribution in [3.8, 4) is 5.75 Å². The minimum atomic E-state index is -0.0200. The summed E-state index contributed by atoms with van der Waals surface area (Å²) in [4.78, 5) is 35.1. The molecule has 2 aromatic carbocycles.